The van der Waals surface area contributed by atoms with E-state index in [2.05, 4.69) is 0 Å². The predicted molar refractivity (Wildman–Crippen MR) is 85.5 cm³/mol. The van der Waals surface area contributed by atoms with E-state index < -0.39 is 6.10 Å². The first kappa shape index (κ1) is 14.8. The van der Waals surface area contributed by atoms with Crippen molar-refractivity contribution in [3.63, 3.8) is 0 Å². The van der Waals surface area contributed by atoms with Gasteiger partial charge in [0.05, 0.1) is 18.6 Å². The predicted octanol–water partition coefficient (Wildman–Crippen LogP) is 4.57. The third-order valence-electron chi connectivity index (χ3n) is 3.93. The number of halogens is 2. The number of ketones is 1. The number of fused-ring (bicyclic) bond motifs is 2. The Morgan fingerprint density at radius 1 is 1.09 bits per heavy atom. The maximum absolute atomic E-state index is 12.4. The van der Waals surface area contributed by atoms with Crippen LogP contribution in [0.2, 0.25) is 10.0 Å². The normalized spacial score (nSPS) is 19.4. The fourth-order valence-corrected chi connectivity index (χ4v) is 3.34. The van der Waals surface area contributed by atoms with Crippen LogP contribution in [-0.4, -0.2) is 12.6 Å². The molecule has 118 valence electrons. The first-order valence-electron chi connectivity index (χ1n) is 7.14. The third kappa shape index (κ3) is 2.67. The van der Waals surface area contributed by atoms with E-state index in [4.69, 9.17) is 37.4 Å². The molecule has 0 unspecified atom stereocenters. The van der Waals surface area contributed by atoms with Crippen LogP contribution in [0, 0.1) is 0 Å². The van der Waals surface area contributed by atoms with E-state index in [0.717, 1.165) is 11.1 Å². The van der Waals surface area contributed by atoms with E-state index in [9.17, 15) is 4.79 Å². The molecule has 2 aromatic rings. The van der Waals surface area contributed by atoms with E-state index in [1.165, 1.54) is 0 Å². The highest BCUT2D eigenvalue weighted by atomic mass is 35.5. The molecule has 2 heterocycles. The van der Waals surface area contributed by atoms with Gasteiger partial charge >= 0.3 is 0 Å². The number of carbonyl (C=O) groups is 1. The average molecular weight is 351 g/mol. The van der Waals surface area contributed by atoms with Gasteiger partial charge in [-0.25, -0.2) is 0 Å². The van der Waals surface area contributed by atoms with Crippen molar-refractivity contribution >= 4 is 29.0 Å². The minimum Gasteiger partial charge on any atom is -0.484 e. The zero-order valence-corrected chi connectivity index (χ0v) is 13.5. The fourth-order valence-electron chi connectivity index (χ4n) is 2.92. The monoisotopic (exact) mass is 350 g/mol. The quantitative estimate of drug-likeness (QED) is 0.755. The number of Topliss-reactive ketones (excluding diaryl/α,β-unsaturated/α-hetero) is 1. The SMILES string of the molecule is O=C1C[C@@H](c2cc(Cl)cc3c2OCOC3)Oc2ccc(Cl)cc21. The Bertz CT molecular complexity index is 803. The average Bonchev–Trinajstić information content (AvgIpc) is 2.54. The van der Waals surface area contributed by atoms with Crippen LogP contribution in [-0.2, 0) is 11.3 Å². The molecule has 23 heavy (non-hydrogen) atoms. The molecule has 1 atom stereocenters. The van der Waals surface area contributed by atoms with Crippen LogP contribution in [0.25, 0.3) is 0 Å². The highest BCUT2D eigenvalue weighted by Crippen LogP contribution is 2.42. The molecule has 0 saturated carbocycles. The van der Waals surface area contributed by atoms with Crippen LogP contribution in [0.1, 0.15) is 34.0 Å². The van der Waals surface area contributed by atoms with Gasteiger partial charge in [0.2, 0.25) is 0 Å². The van der Waals surface area contributed by atoms with Crippen molar-refractivity contribution in [3.05, 3.63) is 57.1 Å². The molecule has 4 nitrogen and oxygen atoms in total. The summed E-state index contributed by atoms with van der Waals surface area (Å²) in [6.45, 7) is 0.601. The van der Waals surface area contributed by atoms with Gasteiger partial charge in [-0.2, -0.15) is 0 Å². The largest absolute Gasteiger partial charge is 0.484 e. The molecule has 0 radical (unpaired) electrons. The summed E-state index contributed by atoms with van der Waals surface area (Å²) in [4.78, 5) is 12.4. The molecule has 0 aromatic heterocycles. The standard InChI is InChI=1S/C17H12Cl2O4/c18-10-1-2-15-12(4-10)14(20)6-16(23-15)13-5-11(19)3-9-7-21-8-22-17(9)13/h1-5,16H,6-8H2/t16-/m0/s1. The Balaban J connectivity index is 1.76. The van der Waals surface area contributed by atoms with Gasteiger partial charge in [0.1, 0.15) is 17.6 Å². The lowest BCUT2D eigenvalue weighted by molar-refractivity contribution is -0.0183. The summed E-state index contributed by atoms with van der Waals surface area (Å²) in [5, 5.41) is 1.07. The Hall–Kier alpha value is -1.75. The Morgan fingerprint density at radius 3 is 2.83 bits per heavy atom. The summed E-state index contributed by atoms with van der Waals surface area (Å²) in [7, 11) is 0. The molecule has 0 amide bonds. The Morgan fingerprint density at radius 2 is 1.96 bits per heavy atom. The molecule has 0 saturated heterocycles. The van der Waals surface area contributed by atoms with Gasteiger partial charge < -0.3 is 14.2 Å². The van der Waals surface area contributed by atoms with Crippen LogP contribution in [0.3, 0.4) is 0 Å². The van der Waals surface area contributed by atoms with Crippen molar-refractivity contribution in [2.75, 3.05) is 6.79 Å². The lowest BCUT2D eigenvalue weighted by atomic mass is 9.94. The number of ether oxygens (including phenoxy) is 3. The molecule has 2 aliphatic rings. The third-order valence-corrected chi connectivity index (χ3v) is 4.39. The molecule has 2 aromatic carbocycles. The van der Waals surface area contributed by atoms with E-state index in [1.54, 1.807) is 30.3 Å². The number of benzene rings is 2. The molecule has 0 aliphatic carbocycles. The van der Waals surface area contributed by atoms with Crippen LogP contribution < -0.4 is 9.47 Å². The molecule has 6 heteroatoms. The summed E-state index contributed by atoms with van der Waals surface area (Å²) in [5.74, 6) is 1.20. The van der Waals surface area contributed by atoms with Crippen LogP contribution in [0.5, 0.6) is 11.5 Å². The summed E-state index contributed by atoms with van der Waals surface area (Å²) in [5.41, 5.74) is 2.13. The van der Waals surface area contributed by atoms with Gasteiger partial charge in [0, 0.05) is 21.2 Å². The molecule has 0 spiro atoms. The zero-order valence-electron chi connectivity index (χ0n) is 12.0. The maximum atomic E-state index is 12.4. The first-order chi connectivity index (χ1) is 11.1. The van der Waals surface area contributed by atoms with Gasteiger partial charge in [0.15, 0.2) is 12.6 Å². The lowest BCUT2D eigenvalue weighted by Crippen LogP contribution is -2.22. The number of hydrogen-bond donors (Lipinski definition) is 0. The summed E-state index contributed by atoms with van der Waals surface area (Å²) < 4.78 is 16.9. The summed E-state index contributed by atoms with van der Waals surface area (Å²) in [6, 6.07) is 8.63. The van der Waals surface area contributed by atoms with Crippen molar-refractivity contribution in [1.29, 1.82) is 0 Å². The fraction of sp³-hybridized carbons (Fsp3) is 0.235. The second-order valence-corrected chi connectivity index (χ2v) is 6.34. The van der Waals surface area contributed by atoms with Crippen molar-refractivity contribution in [2.45, 2.75) is 19.1 Å². The van der Waals surface area contributed by atoms with Gasteiger partial charge in [-0.05, 0) is 30.3 Å². The Labute approximate surface area is 142 Å². The van der Waals surface area contributed by atoms with E-state index in [-0.39, 0.29) is 19.0 Å². The van der Waals surface area contributed by atoms with Gasteiger partial charge in [-0.1, -0.05) is 23.2 Å². The number of rotatable bonds is 1. The van der Waals surface area contributed by atoms with Crippen LogP contribution in [0.4, 0.5) is 0 Å². The highest BCUT2D eigenvalue weighted by molar-refractivity contribution is 6.31. The summed E-state index contributed by atoms with van der Waals surface area (Å²) >= 11 is 12.1. The maximum Gasteiger partial charge on any atom is 0.189 e. The highest BCUT2D eigenvalue weighted by Gasteiger charge is 2.31. The molecule has 2 aliphatic heterocycles. The van der Waals surface area contributed by atoms with E-state index >= 15 is 0 Å². The van der Waals surface area contributed by atoms with Crippen molar-refractivity contribution < 1.29 is 19.0 Å². The van der Waals surface area contributed by atoms with Crippen LogP contribution >= 0.6 is 23.2 Å². The number of carbonyl (C=O) groups excluding carboxylic acids is 1. The topological polar surface area (TPSA) is 44.8 Å². The Kier molecular flexibility index (Phi) is 3.68. The van der Waals surface area contributed by atoms with Crippen molar-refractivity contribution in [2.24, 2.45) is 0 Å². The van der Waals surface area contributed by atoms with Crippen molar-refractivity contribution in [1.82, 2.24) is 0 Å². The molecule has 0 fully saturated rings. The molecular weight excluding hydrogens is 339 g/mol. The molecule has 0 bridgehead atoms. The molecule has 0 N–H and O–H groups in total. The summed E-state index contributed by atoms with van der Waals surface area (Å²) in [6.07, 6.45) is -0.230. The van der Waals surface area contributed by atoms with Gasteiger partial charge in [0.25, 0.3) is 0 Å². The number of hydrogen-bond acceptors (Lipinski definition) is 4. The van der Waals surface area contributed by atoms with Gasteiger partial charge in [-0.3, -0.25) is 4.79 Å². The second kappa shape index (κ2) is 5.71. The zero-order chi connectivity index (χ0) is 16.0. The van der Waals surface area contributed by atoms with E-state index in [1.807, 2.05) is 0 Å². The molecular formula is C17H12Cl2O4. The first-order valence-corrected chi connectivity index (χ1v) is 7.89. The molecule has 4 rings (SSSR count). The minimum atomic E-state index is -0.443. The lowest BCUT2D eigenvalue weighted by Gasteiger charge is -2.29. The minimum absolute atomic E-state index is 0.0143. The van der Waals surface area contributed by atoms with Crippen molar-refractivity contribution in [3.8, 4) is 11.5 Å². The van der Waals surface area contributed by atoms with Crippen LogP contribution in [0.15, 0.2) is 30.3 Å². The van der Waals surface area contributed by atoms with E-state index in [0.29, 0.717) is 33.7 Å². The van der Waals surface area contributed by atoms with Gasteiger partial charge in [-0.15, -0.1) is 0 Å². The smallest absolute Gasteiger partial charge is 0.189 e. The second-order valence-electron chi connectivity index (χ2n) is 5.47.